The molecule has 0 fully saturated rings. The molecule has 0 spiro atoms. The maximum atomic E-state index is 14.3. The molecule has 0 aliphatic heterocycles. The van der Waals surface area contributed by atoms with Crippen LogP contribution >= 0.6 is 0 Å². The van der Waals surface area contributed by atoms with Crippen molar-refractivity contribution < 1.29 is 58.5 Å². The summed E-state index contributed by atoms with van der Waals surface area (Å²) in [4.78, 5) is 129. The number of nitrogens with zero attached hydrogens (tertiary/aromatic N) is 2. The van der Waals surface area contributed by atoms with E-state index in [1.165, 1.54) is 12.5 Å². The number of rotatable bonds is 32. The highest BCUT2D eigenvalue weighted by atomic mass is 16.4. The van der Waals surface area contributed by atoms with Gasteiger partial charge in [-0.25, -0.2) is 9.78 Å². The normalized spacial score (nSPS) is 13.9. The standard InChI is InChI=1S/C45H63N13O12/c46-18-8-7-14-30(54-43(68)34(23-37(61)62)55-38(63)29(47)16-17-36(59)60)39(64)53-31(15-9-19-51-45(48)49)40(65)57-33(22-28-24-50-25-52-28)42(67)56-32(20-26-10-3-1-4-11-26)41(66)58-35(44(69)70)21-27-12-5-2-6-13-27/h1-6,10-13,24-25,29-35H,7-9,14-23,46-47H2,(H,50,52)(H,53,64)(H,54,68)(H,55,63)(H,56,67)(H,57,65)(H,58,66)(H,59,60)(H,61,62)(H,69,70)(H4,48,49,51)/t29-,30+,31-,32+,33-,34+,35+/m1/s1. The molecule has 3 rings (SSSR count). The van der Waals surface area contributed by atoms with E-state index < -0.39 is 108 Å². The van der Waals surface area contributed by atoms with Crippen molar-refractivity contribution in [2.24, 2.45) is 27.9 Å². The number of aromatic amines is 1. The lowest BCUT2D eigenvalue weighted by Crippen LogP contribution is -2.60. The number of benzene rings is 2. The number of H-pyrrole nitrogens is 1. The topological polar surface area (TPSA) is 432 Å². The highest BCUT2D eigenvalue weighted by Gasteiger charge is 2.34. The highest BCUT2D eigenvalue weighted by molar-refractivity contribution is 5.98. The van der Waals surface area contributed by atoms with Gasteiger partial charge in [0.05, 0.1) is 18.8 Å². The lowest BCUT2D eigenvalue weighted by atomic mass is 10.0. The predicted octanol–water partition coefficient (Wildman–Crippen LogP) is -2.72. The second kappa shape index (κ2) is 29.7. The maximum Gasteiger partial charge on any atom is 0.326 e. The fraction of sp³-hybridized carbons (Fsp3) is 0.444. The van der Waals surface area contributed by atoms with Crippen molar-refractivity contribution in [3.05, 3.63) is 90.0 Å². The van der Waals surface area contributed by atoms with Crippen LogP contribution in [0.15, 0.2) is 78.2 Å². The van der Waals surface area contributed by atoms with Crippen molar-refractivity contribution in [3.63, 3.8) is 0 Å². The summed E-state index contributed by atoms with van der Waals surface area (Å²) in [5.41, 5.74) is 24.1. The van der Waals surface area contributed by atoms with E-state index in [0.717, 1.165) is 0 Å². The molecule has 25 nitrogen and oxygen atoms in total. The molecule has 0 saturated heterocycles. The molecule has 18 N–H and O–H groups in total. The number of hydrogen-bond acceptors (Lipinski definition) is 13. The van der Waals surface area contributed by atoms with E-state index in [2.05, 4.69) is 46.9 Å². The first kappa shape index (κ1) is 56.4. The molecular weight excluding hydrogens is 915 g/mol. The fourth-order valence-corrected chi connectivity index (χ4v) is 6.90. The van der Waals surface area contributed by atoms with Crippen LogP contribution in [-0.2, 0) is 62.4 Å². The van der Waals surface area contributed by atoms with Crippen LogP contribution in [0.4, 0.5) is 0 Å². The van der Waals surface area contributed by atoms with E-state index in [4.69, 9.17) is 28.0 Å². The van der Waals surface area contributed by atoms with Gasteiger partial charge in [-0.05, 0) is 56.2 Å². The molecule has 0 radical (unpaired) electrons. The summed E-state index contributed by atoms with van der Waals surface area (Å²) in [6, 6.07) is 6.92. The fourth-order valence-electron chi connectivity index (χ4n) is 6.90. The van der Waals surface area contributed by atoms with E-state index in [-0.39, 0.29) is 70.4 Å². The minimum absolute atomic E-state index is 0.000235. The summed E-state index contributed by atoms with van der Waals surface area (Å²) < 4.78 is 0. The number of carboxylic acid groups (broad SMARTS) is 3. The molecule has 0 aliphatic carbocycles. The summed E-state index contributed by atoms with van der Waals surface area (Å²) in [5.74, 6) is -9.98. The molecule has 6 amide bonds. The number of unbranched alkanes of at least 4 members (excludes halogenated alkanes) is 1. The van der Waals surface area contributed by atoms with E-state index in [0.29, 0.717) is 23.2 Å². The molecule has 0 aliphatic rings. The Hall–Kier alpha value is -7.93. The minimum atomic E-state index is -1.77. The van der Waals surface area contributed by atoms with Gasteiger partial charge in [0.25, 0.3) is 0 Å². The van der Waals surface area contributed by atoms with Crippen LogP contribution in [0.3, 0.4) is 0 Å². The predicted molar refractivity (Wildman–Crippen MR) is 252 cm³/mol. The molecule has 380 valence electrons. The third kappa shape index (κ3) is 20.9. The molecule has 25 heteroatoms. The SMILES string of the molecule is NCCCC[C@H](NC(=O)[C@H](CC(=O)O)NC(=O)[C@H](N)CCC(=O)O)C(=O)N[C@H](CCCN=C(N)N)C(=O)N[C@H](Cc1cnc[nH]1)C(=O)N[C@@H](Cc1ccccc1)C(=O)N[C@@H](Cc1ccccc1)C(=O)O. The molecule has 3 aromatic rings. The summed E-state index contributed by atoms with van der Waals surface area (Å²) >= 11 is 0. The number of carbonyl (C=O) groups is 9. The van der Waals surface area contributed by atoms with Crippen LogP contribution in [0.5, 0.6) is 0 Å². The molecule has 2 aromatic carbocycles. The van der Waals surface area contributed by atoms with Gasteiger partial charge in [-0.3, -0.25) is 43.3 Å². The number of aliphatic carboxylic acids is 3. The van der Waals surface area contributed by atoms with Gasteiger partial charge in [-0.15, -0.1) is 0 Å². The van der Waals surface area contributed by atoms with Crippen molar-refractivity contribution in [2.45, 2.75) is 113 Å². The van der Waals surface area contributed by atoms with Crippen LogP contribution < -0.4 is 54.8 Å². The molecule has 1 aromatic heterocycles. The minimum Gasteiger partial charge on any atom is -0.481 e. The molecule has 70 heavy (non-hydrogen) atoms. The Morgan fingerprint density at radius 3 is 1.53 bits per heavy atom. The number of hydrogen-bond donors (Lipinski definition) is 14. The van der Waals surface area contributed by atoms with Crippen LogP contribution in [-0.4, -0.2) is 140 Å². The van der Waals surface area contributed by atoms with Crippen LogP contribution in [0.1, 0.15) is 68.2 Å². The van der Waals surface area contributed by atoms with Crippen molar-refractivity contribution in [2.75, 3.05) is 13.1 Å². The number of amides is 6. The van der Waals surface area contributed by atoms with E-state index in [1.807, 2.05) is 0 Å². The zero-order chi connectivity index (χ0) is 51.6. The number of aromatic nitrogens is 2. The Morgan fingerprint density at radius 1 is 0.571 bits per heavy atom. The van der Waals surface area contributed by atoms with Crippen molar-refractivity contribution in [3.8, 4) is 0 Å². The summed E-state index contributed by atoms with van der Waals surface area (Å²) in [6.45, 7) is 0.200. The first-order chi connectivity index (χ1) is 33.4. The first-order valence-electron chi connectivity index (χ1n) is 22.4. The van der Waals surface area contributed by atoms with Crippen LogP contribution in [0.25, 0.3) is 0 Å². The second-order valence-electron chi connectivity index (χ2n) is 16.2. The first-order valence-corrected chi connectivity index (χ1v) is 22.4. The quantitative estimate of drug-likeness (QED) is 0.0172. The van der Waals surface area contributed by atoms with Crippen molar-refractivity contribution >= 4 is 59.3 Å². The molecule has 7 atom stereocenters. The molecule has 0 saturated carbocycles. The number of carbonyl (C=O) groups excluding carboxylic acids is 6. The Bertz CT molecular complexity index is 2230. The monoisotopic (exact) mass is 977 g/mol. The largest absolute Gasteiger partial charge is 0.481 e. The Balaban J connectivity index is 1.94. The zero-order valence-electron chi connectivity index (χ0n) is 38.4. The van der Waals surface area contributed by atoms with Crippen LogP contribution in [0.2, 0.25) is 0 Å². The van der Waals surface area contributed by atoms with E-state index in [9.17, 15) is 53.4 Å². The second-order valence-corrected chi connectivity index (χ2v) is 16.2. The summed E-state index contributed by atoms with van der Waals surface area (Å²) in [7, 11) is 0. The number of nitrogens with two attached hydrogens (primary N) is 4. The van der Waals surface area contributed by atoms with Crippen molar-refractivity contribution in [1.82, 2.24) is 41.9 Å². The number of imidazole rings is 1. The van der Waals surface area contributed by atoms with Gasteiger partial charge >= 0.3 is 17.9 Å². The summed E-state index contributed by atoms with van der Waals surface area (Å²) in [6.07, 6.45) is 1.13. The number of carboxylic acids is 3. The van der Waals surface area contributed by atoms with Gasteiger partial charge < -0.3 is 75.1 Å². The number of aliphatic imine (C=N–C) groups is 1. The smallest absolute Gasteiger partial charge is 0.326 e. The van der Waals surface area contributed by atoms with Gasteiger partial charge in [0.15, 0.2) is 5.96 Å². The molecular formula is C45H63N13O12. The van der Waals surface area contributed by atoms with Gasteiger partial charge in [0, 0.05) is 44.1 Å². The summed E-state index contributed by atoms with van der Waals surface area (Å²) in [5, 5.41) is 43.7. The Kier molecular flexibility index (Phi) is 24.0. The van der Waals surface area contributed by atoms with Gasteiger partial charge in [-0.1, -0.05) is 60.7 Å². The Labute approximate surface area is 402 Å². The average molecular weight is 978 g/mol. The lowest BCUT2D eigenvalue weighted by molar-refractivity contribution is -0.142. The average Bonchev–Trinajstić information content (AvgIpc) is 3.84. The molecule has 0 bridgehead atoms. The number of nitrogens with one attached hydrogen (secondary N) is 7. The van der Waals surface area contributed by atoms with Gasteiger partial charge in [0.2, 0.25) is 35.4 Å². The number of guanidine groups is 1. The zero-order valence-corrected chi connectivity index (χ0v) is 38.4. The van der Waals surface area contributed by atoms with Crippen LogP contribution in [0, 0.1) is 0 Å². The Morgan fingerprint density at radius 2 is 1.04 bits per heavy atom. The third-order valence-electron chi connectivity index (χ3n) is 10.6. The van der Waals surface area contributed by atoms with Gasteiger partial charge in [-0.2, -0.15) is 0 Å². The van der Waals surface area contributed by atoms with E-state index in [1.54, 1.807) is 60.7 Å². The van der Waals surface area contributed by atoms with Crippen molar-refractivity contribution in [1.29, 1.82) is 0 Å². The third-order valence-corrected chi connectivity index (χ3v) is 10.6. The highest BCUT2D eigenvalue weighted by Crippen LogP contribution is 2.11. The molecule has 0 unspecified atom stereocenters. The van der Waals surface area contributed by atoms with E-state index >= 15 is 0 Å². The molecule has 1 heterocycles. The van der Waals surface area contributed by atoms with Gasteiger partial charge in [0.1, 0.15) is 36.3 Å². The maximum absolute atomic E-state index is 14.3. The lowest BCUT2D eigenvalue weighted by Gasteiger charge is -2.27.